The highest BCUT2D eigenvalue weighted by Crippen LogP contribution is 2.34. The number of benzene rings is 1. The Labute approximate surface area is 156 Å². The second kappa shape index (κ2) is 9.24. The van der Waals surface area contributed by atoms with Crippen molar-refractivity contribution in [2.75, 3.05) is 5.75 Å². The van der Waals surface area contributed by atoms with Gasteiger partial charge in [0.15, 0.2) is 5.78 Å². The van der Waals surface area contributed by atoms with E-state index in [1.807, 2.05) is 19.1 Å². The SMILES string of the molecule is CC(=O)N[C@@H](CS[C@@H](CC(=O)c1ccc(C)cc1)c1ccco1)C(=O)[O-]. The lowest BCUT2D eigenvalue weighted by Gasteiger charge is -2.21. The summed E-state index contributed by atoms with van der Waals surface area (Å²) in [6, 6.07) is 9.59. The largest absolute Gasteiger partial charge is 0.548 e. The zero-order chi connectivity index (χ0) is 19.1. The number of carbonyl (C=O) groups excluding carboxylic acids is 3. The summed E-state index contributed by atoms with van der Waals surface area (Å²) in [4.78, 5) is 34.9. The maximum atomic E-state index is 12.6. The average molecular weight is 374 g/mol. The number of carbonyl (C=O) groups is 3. The minimum Gasteiger partial charge on any atom is -0.548 e. The van der Waals surface area contributed by atoms with Gasteiger partial charge in [0.1, 0.15) is 5.76 Å². The van der Waals surface area contributed by atoms with Gasteiger partial charge in [-0.25, -0.2) is 0 Å². The van der Waals surface area contributed by atoms with Crippen molar-refractivity contribution in [2.45, 2.75) is 31.6 Å². The Hall–Kier alpha value is -2.54. The van der Waals surface area contributed by atoms with Gasteiger partial charge in [0, 0.05) is 24.7 Å². The molecule has 2 rings (SSSR count). The van der Waals surface area contributed by atoms with E-state index in [9.17, 15) is 19.5 Å². The van der Waals surface area contributed by atoms with E-state index in [-0.39, 0.29) is 23.2 Å². The smallest absolute Gasteiger partial charge is 0.217 e. The van der Waals surface area contributed by atoms with E-state index in [0.29, 0.717) is 11.3 Å². The van der Waals surface area contributed by atoms with Crippen molar-refractivity contribution in [1.29, 1.82) is 0 Å². The fourth-order valence-corrected chi connectivity index (χ4v) is 3.58. The Bertz CT molecular complexity index is 755. The molecule has 2 atom stereocenters. The third-order valence-electron chi connectivity index (χ3n) is 3.73. The van der Waals surface area contributed by atoms with Gasteiger partial charge >= 0.3 is 0 Å². The molecule has 0 saturated heterocycles. The van der Waals surface area contributed by atoms with Crippen molar-refractivity contribution >= 4 is 29.4 Å². The summed E-state index contributed by atoms with van der Waals surface area (Å²) in [5.41, 5.74) is 1.65. The summed E-state index contributed by atoms with van der Waals surface area (Å²) in [5.74, 6) is -1.24. The van der Waals surface area contributed by atoms with Crippen LogP contribution < -0.4 is 10.4 Å². The van der Waals surface area contributed by atoms with Crippen molar-refractivity contribution < 1.29 is 23.9 Å². The normalized spacial score (nSPS) is 13.0. The van der Waals surface area contributed by atoms with E-state index in [1.54, 1.807) is 24.3 Å². The van der Waals surface area contributed by atoms with Gasteiger partial charge in [0.25, 0.3) is 0 Å². The Kier molecular flexibility index (Phi) is 7.03. The minimum atomic E-state index is -1.37. The first kappa shape index (κ1) is 19.8. The average Bonchev–Trinajstić information content (AvgIpc) is 3.11. The second-order valence-corrected chi connectivity index (χ2v) is 7.14. The van der Waals surface area contributed by atoms with Gasteiger partial charge < -0.3 is 19.6 Å². The van der Waals surface area contributed by atoms with Crippen LogP contribution in [0, 0.1) is 6.92 Å². The zero-order valence-corrected chi connectivity index (χ0v) is 15.4. The van der Waals surface area contributed by atoms with E-state index >= 15 is 0 Å². The monoisotopic (exact) mass is 374 g/mol. The van der Waals surface area contributed by atoms with E-state index in [4.69, 9.17) is 4.42 Å². The predicted octanol–water partition coefficient (Wildman–Crippen LogP) is 1.89. The molecule has 6 nitrogen and oxygen atoms in total. The highest BCUT2D eigenvalue weighted by molar-refractivity contribution is 7.99. The van der Waals surface area contributed by atoms with E-state index < -0.39 is 17.9 Å². The Morgan fingerprint density at radius 2 is 1.88 bits per heavy atom. The molecule has 0 radical (unpaired) electrons. The van der Waals surface area contributed by atoms with Crippen LogP contribution in [0.2, 0.25) is 0 Å². The van der Waals surface area contributed by atoms with Crippen LogP contribution in [0.25, 0.3) is 0 Å². The molecule has 7 heteroatoms. The maximum Gasteiger partial charge on any atom is 0.217 e. The summed E-state index contributed by atoms with van der Waals surface area (Å²) in [7, 11) is 0. The highest BCUT2D eigenvalue weighted by atomic mass is 32.2. The number of thioether (sulfide) groups is 1. The van der Waals surface area contributed by atoms with Gasteiger partial charge in [0.2, 0.25) is 5.91 Å². The molecule has 0 spiro atoms. The number of ketones is 1. The molecule has 2 aromatic rings. The number of amides is 1. The molecule has 0 saturated carbocycles. The lowest BCUT2D eigenvalue weighted by Crippen LogP contribution is -2.48. The van der Waals surface area contributed by atoms with E-state index in [1.165, 1.54) is 24.9 Å². The third kappa shape index (κ3) is 5.77. The van der Waals surface area contributed by atoms with Crippen LogP contribution in [-0.2, 0) is 9.59 Å². The fraction of sp³-hybridized carbons (Fsp3) is 0.316. The highest BCUT2D eigenvalue weighted by Gasteiger charge is 2.22. The molecule has 1 aromatic heterocycles. The fourth-order valence-electron chi connectivity index (χ4n) is 2.37. The van der Waals surface area contributed by atoms with Crippen LogP contribution in [0.3, 0.4) is 0 Å². The maximum absolute atomic E-state index is 12.6. The molecule has 0 unspecified atom stereocenters. The first-order valence-corrected chi connectivity index (χ1v) is 9.14. The number of carboxylic acids is 1. The molecular formula is C19H20NO5S-. The predicted molar refractivity (Wildman–Crippen MR) is 96.6 cm³/mol. The molecule has 0 aliphatic heterocycles. The topological polar surface area (TPSA) is 99.4 Å². The number of nitrogens with one attached hydrogen (secondary N) is 1. The number of hydrogen-bond donors (Lipinski definition) is 1. The van der Waals surface area contributed by atoms with Crippen molar-refractivity contribution in [3.63, 3.8) is 0 Å². The van der Waals surface area contributed by atoms with Gasteiger partial charge in [-0.1, -0.05) is 29.8 Å². The number of rotatable bonds is 9. The number of furan rings is 1. The van der Waals surface area contributed by atoms with Crippen molar-refractivity contribution in [3.05, 3.63) is 59.5 Å². The zero-order valence-electron chi connectivity index (χ0n) is 14.6. The van der Waals surface area contributed by atoms with Crippen LogP contribution >= 0.6 is 11.8 Å². The molecule has 1 N–H and O–H groups in total. The number of aliphatic carboxylic acids is 1. The quantitative estimate of drug-likeness (QED) is 0.673. The first-order valence-electron chi connectivity index (χ1n) is 8.09. The molecule has 0 bridgehead atoms. The molecule has 138 valence electrons. The van der Waals surface area contributed by atoms with Crippen molar-refractivity contribution in [3.8, 4) is 0 Å². The minimum absolute atomic E-state index is 0.0639. The Balaban J connectivity index is 2.09. The van der Waals surface area contributed by atoms with Crippen LogP contribution in [0.5, 0.6) is 0 Å². The summed E-state index contributed by atoms with van der Waals surface area (Å²) in [5, 5.41) is 13.1. The Morgan fingerprint density at radius 1 is 1.19 bits per heavy atom. The summed E-state index contributed by atoms with van der Waals surface area (Å²) in [6.45, 7) is 3.18. The summed E-state index contributed by atoms with van der Waals surface area (Å²) in [6.07, 6.45) is 1.66. The lowest BCUT2D eigenvalue weighted by atomic mass is 10.0. The number of aryl methyl sites for hydroxylation is 1. The third-order valence-corrected chi connectivity index (χ3v) is 5.06. The molecule has 1 aromatic carbocycles. The molecule has 0 aliphatic carbocycles. The van der Waals surface area contributed by atoms with E-state index in [0.717, 1.165) is 5.56 Å². The molecule has 0 fully saturated rings. The van der Waals surface area contributed by atoms with Gasteiger partial charge in [-0.05, 0) is 19.1 Å². The second-order valence-electron chi connectivity index (χ2n) is 5.90. The number of carboxylic acid groups (broad SMARTS) is 1. The Morgan fingerprint density at radius 3 is 2.42 bits per heavy atom. The molecule has 0 aliphatic rings. The van der Waals surface area contributed by atoms with Gasteiger partial charge in [0.05, 0.1) is 23.5 Å². The van der Waals surface area contributed by atoms with Crippen molar-refractivity contribution in [2.24, 2.45) is 0 Å². The standard InChI is InChI=1S/C19H21NO5S/c1-12-5-7-14(8-6-12)16(22)10-18(17-4-3-9-25-17)26-11-15(19(23)24)20-13(2)21/h3-9,15,18H,10-11H2,1-2H3,(H,20,21)(H,23,24)/p-1/t15-,18-/m0/s1. The molecule has 26 heavy (non-hydrogen) atoms. The van der Waals surface area contributed by atoms with Gasteiger partial charge in [-0.15, -0.1) is 11.8 Å². The number of Topliss-reactive ketones (excluding diaryl/α,β-unsaturated/α-hetero) is 1. The number of hydrogen-bond acceptors (Lipinski definition) is 6. The molecule has 1 amide bonds. The van der Waals surface area contributed by atoms with Gasteiger partial charge in [-0.2, -0.15) is 0 Å². The van der Waals surface area contributed by atoms with Gasteiger partial charge in [-0.3, -0.25) is 9.59 Å². The van der Waals surface area contributed by atoms with Crippen LogP contribution in [0.15, 0.2) is 47.1 Å². The van der Waals surface area contributed by atoms with Crippen LogP contribution in [0.4, 0.5) is 0 Å². The first-order chi connectivity index (χ1) is 12.4. The van der Waals surface area contributed by atoms with Crippen molar-refractivity contribution in [1.82, 2.24) is 5.32 Å². The summed E-state index contributed by atoms with van der Waals surface area (Å²) >= 11 is 1.23. The lowest BCUT2D eigenvalue weighted by molar-refractivity contribution is -0.307. The molecular weight excluding hydrogens is 354 g/mol. The molecule has 1 heterocycles. The van der Waals surface area contributed by atoms with E-state index in [2.05, 4.69) is 5.32 Å². The van der Waals surface area contributed by atoms with Crippen LogP contribution in [0.1, 0.15) is 40.3 Å². The van der Waals surface area contributed by atoms with Crippen LogP contribution in [-0.4, -0.2) is 29.5 Å². The summed E-state index contributed by atoms with van der Waals surface area (Å²) < 4.78 is 5.40.